The van der Waals surface area contributed by atoms with Gasteiger partial charge in [-0.3, -0.25) is 9.36 Å². The topological polar surface area (TPSA) is 64.8 Å². The summed E-state index contributed by atoms with van der Waals surface area (Å²) in [5.74, 6) is 0.618. The van der Waals surface area contributed by atoms with Crippen LogP contribution >= 0.6 is 0 Å². The van der Waals surface area contributed by atoms with Crippen LogP contribution in [-0.2, 0) is 6.54 Å². The van der Waals surface area contributed by atoms with Gasteiger partial charge in [0.2, 0.25) is 5.82 Å². The van der Waals surface area contributed by atoms with Gasteiger partial charge in [0.15, 0.2) is 12.4 Å². The summed E-state index contributed by atoms with van der Waals surface area (Å²) in [5.41, 5.74) is 8.21. The predicted molar refractivity (Wildman–Crippen MR) is 79.1 cm³/mol. The van der Waals surface area contributed by atoms with Gasteiger partial charge in [0.05, 0.1) is 17.4 Å². The summed E-state index contributed by atoms with van der Waals surface area (Å²) < 4.78 is 3.53. The normalized spacial score (nSPS) is 13.7. The highest BCUT2D eigenvalue weighted by Gasteiger charge is 2.30. The van der Waals surface area contributed by atoms with Gasteiger partial charge in [0.1, 0.15) is 5.70 Å². The van der Waals surface area contributed by atoms with Gasteiger partial charge < -0.3 is 5.73 Å². The number of hydrogen-bond acceptors (Lipinski definition) is 3. The van der Waals surface area contributed by atoms with Crippen molar-refractivity contribution in [2.24, 2.45) is 5.73 Å². The first-order chi connectivity index (χ1) is 10.3. The van der Waals surface area contributed by atoms with Crippen LogP contribution in [0.2, 0.25) is 0 Å². The number of rotatable bonds is 1. The van der Waals surface area contributed by atoms with Crippen LogP contribution in [0.15, 0.2) is 65.3 Å². The molecule has 1 aliphatic heterocycles. The molecule has 0 saturated heterocycles. The summed E-state index contributed by atoms with van der Waals surface area (Å²) in [6, 6.07) is 13.1. The van der Waals surface area contributed by atoms with E-state index in [-0.39, 0.29) is 5.56 Å². The fourth-order valence-corrected chi connectivity index (χ4v) is 2.71. The van der Waals surface area contributed by atoms with Crippen molar-refractivity contribution in [1.29, 1.82) is 0 Å². The third-order valence-electron chi connectivity index (χ3n) is 3.68. The lowest BCUT2D eigenvalue weighted by Gasteiger charge is -2.04. The Bertz CT molecular complexity index is 941. The van der Waals surface area contributed by atoms with Gasteiger partial charge in [0.25, 0.3) is 11.3 Å². The molecule has 1 aliphatic rings. The summed E-state index contributed by atoms with van der Waals surface area (Å²) >= 11 is 0. The zero-order chi connectivity index (χ0) is 14.4. The van der Waals surface area contributed by atoms with E-state index in [0.717, 1.165) is 5.70 Å². The number of allylic oxidation sites excluding steroid dienone is 1. The maximum atomic E-state index is 12.6. The summed E-state index contributed by atoms with van der Waals surface area (Å²) in [5, 5.41) is 0.619. The van der Waals surface area contributed by atoms with Crippen LogP contribution in [0, 0.1) is 0 Å². The molecule has 0 atom stereocenters. The van der Waals surface area contributed by atoms with Crippen molar-refractivity contribution in [2.75, 3.05) is 0 Å². The molecule has 2 N–H and O–H groups in total. The monoisotopic (exact) mass is 277 g/mol. The van der Waals surface area contributed by atoms with Crippen LogP contribution in [0.25, 0.3) is 16.6 Å². The Hall–Kier alpha value is -2.95. The molecule has 1 aromatic carbocycles. The van der Waals surface area contributed by atoms with Crippen LogP contribution in [0.1, 0.15) is 5.82 Å². The lowest BCUT2D eigenvalue weighted by Crippen LogP contribution is -2.34. The molecule has 0 unspecified atom stereocenters. The van der Waals surface area contributed by atoms with E-state index in [2.05, 4.69) is 4.98 Å². The summed E-state index contributed by atoms with van der Waals surface area (Å²) in [4.78, 5) is 17.2. The van der Waals surface area contributed by atoms with E-state index in [1.54, 1.807) is 10.6 Å². The average Bonchev–Trinajstić information content (AvgIpc) is 2.85. The number of nitrogens with zero attached hydrogens (tertiary/aromatic N) is 3. The second kappa shape index (κ2) is 4.28. The van der Waals surface area contributed by atoms with Crippen molar-refractivity contribution < 1.29 is 4.57 Å². The van der Waals surface area contributed by atoms with E-state index >= 15 is 0 Å². The van der Waals surface area contributed by atoms with E-state index in [1.165, 1.54) is 0 Å². The molecule has 0 saturated carbocycles. The van der Waals surface area contributed by atoms with Crippen LogP contribution < -0.4 is 15.9 Å². The van der Waals surface area contributed by atoms with Crippen molar-refractivity contribution in [3.63, 3.8) is 0 Å². The standard InChI is InChI=1S/C16H12N4O/c17-12-10-20-15(14(12)19-8-4-1-5-9-19)18-13-7-3-2-6-11(13)16(20)21/h1-9H,10H2,(H-,17,18,21)/p+1. The van der Waals surface area contributed by atoms with Gasteiger partial charge in [-0.15, -0.1) is 0 Å². The lowest BCUT2D eigenvalue weighted by atomic mass is 10.2. The van der Waals surface area contributed by atoms with Crippen molar-refractivity contribution >= 4 is 16.6 Å². The first-order valence-electron chi connectivity index (χ1n) is 6.71. The van der Waals surface area contributed by atoms with E-state index in [4.69, 9.17) is 5.73 Å². The van der Waals surface area contributed by atoms with Gasteiger partial charge in [-0.05, 0) is 12.1 Å². The minimum Gasteiger partial charge on any atom is -0.395 e. The molecule has 2 aromatic heterocycles. The summed E-state index contributed by atoms with van der Waals surface area (Å²) in [6.07, 6.45) is 3.80. The van der Waals surface area contributed by atoms with Crippen LogP contribution in [-0.4, -0.2) is 9.55 Å². The highest BCUT2D eigenvalue weighted by Crippen LogP contribution is 2.20. The zero-order valence-corrected chi connectivity index (χ0v) is 11.2. The molecule has 3 aromatic rings. The maximum Gasteiger partial charge on any atom is 0.274 e. The second-order valence-electron chi connectivity index (χ2n) is 5.00. The molecule has 0 amide bonds. The van der Waals surface area contributed by atoms with Crippen molar-refractivity contribution in [2.45, 2.75) is 6.54 Å². The molecule has 21 heavy (non-hydrogen) atoms. The minimum absolute atomic E-state index is 0.0509. The Labute approximate surface area is 120 Å². The molecule has 0 spiro atoms. The fourth-order valence-electron chi connectivity index (χ4n) is 2.71. The Kier molecular flexibility index (Phi) is 2.41. The molecule has 102 valence electrons. The fraction of sp³-hybridized carbons (Fsp3) is 0.0625. The number of nitrogens with two attached hydrogens (primary N) is 1. The van der Waals surface area contributed by atoms with E-state index < -0.39 is 0 Å². The van der Waals surface area contributed by atoms with Gasteiger partial charge in [-0.1, -0.05) is 18.2 Å². The van der Waals surface area contributed by atoms with E-state index in [9.17, 15) is 4.79 Å². The molecule has 0 radical (unpaired) electrons. The molecule has 5 nitrogen and oxygen atoms in total. The molecule has 5 heteroatoms. The van der Waals surface area contributed by atoms with Gasteiger partial charge in [-0.2, -0.15) is 4.57 Å². The smallest absolute Gasteiger partial charge is 0.274 e. The highest BCUT2D eigenvalue weighted by molar-refractivity contribution is 5.79. The van der Waals surface area contributed by atoms with E-state index in [1.807, 2.05) is 53.4 Å². The molecule has 0 fully saturated rings. The van der Waals surface area contributed by atoms with Gasteiger partial charge in [-0.25, -0.2) is 4.98 Å². The highest BCUT2D eigenvalue weighted by atomic mass is 16.1. The van der Waals surface area contributed by atoms with Crippen LogP contribution in [0.4, 0.5) is 0 Å². The van der Waals surface area contributed by atoms with Crippen molar-refractivity contribution in [3.8, 4) is 0 Å². The first kappa shape index (κ1) is 11.8. The number of pyridine rings is 1. The molecule has 4 rings (SSSR count). The van der Waals surface area contributed by atoms with E-state index in [0.29, 0.717) is 29.0 Å². The number of para-hydroxylation sites is 1. The van der Waals surface area contributed by atoms with Crippen molar-refractivity contribution in [1.82, 2.24) is 9.55 Å². The minimum atomic E-state index is -0.0509. The summed E-state index contributed by atoms with van der Waals surface area (Å²) in [7, 11) is 0. The third-order valence-corrected chi connectivity index (χ3v) is 3.68. The quantitative estimate of drug-likeness (QED) is 0.671. The molecule has 0 aliphatic carbocycles. The van der Waals surface area contributed by atoms with Crippen LogP contribution in [0.5, 0.6) is 0 Å². The Balaban J connectivity index is 2.04. The van der Waals surface area contributed by atoms with Gasteiger partial charge in [0, 0.05) is 12.1 Å². The third kappa shape index (κ3) is 1.67. The Morgan fingerprint density at radius 1 is 1.10 bits per heavy atom. The number of fused-ring (bicyclic) bond motifs is 2. The number of aromatic nitrogens is 3. The number of benzene rings is 1. The molecule has 0 bridgehead atoms. The SMILES string of the molecule is NC1=C([n+]2ccccc2)c2nc3ccccc3c(=O)n2C1. The molecule has 3 heterocycles. The molecular formula is C16H13N4O+. The van der Waals surface area contributed by atoms with Crippen molar-refractivity contribution in [3.05, 3.63) is 76.7 Å². The zero-order valence-electron chi connectivity index (χ0n) is 11.2. The lowest BCUT2D eigenvalue weighted by molar-refractivity contribution is -0.580. The van der Waals surface area contributed by atoms with Crippen LogP contribution in [0.3, 0.4) is 0 Å². The molecular weight excluding hydrogens is 264 g/mol. The first-order valence-corrected chi connectivity index (χ1v) is 6.71. The Morgan fingerprint density at radius 2 is 1.86 bits per heavy atom. The maximum absolute atomic E-state index is 12.6. The average molecular weight is 277 g/mol. The number of hydrogen-bond donors (Lipinski definition) is 1. The second-order valence-corrected chi connectivity index (χ2v) is 5.00. The largest absolute Gasteiger partial charge is 0.395 e. The Morgan fingerprint density at radius 3 is 2.67 bits per heavy atom. The predicted octanol–water partition coefficient (Wildman–Crippen LogP) is 0.873. The summed E-state index contributed by atoms with van der Waals surface area (Å²) in [6.45, 7) is 0.378. The van der Waals surface area contributed by atoms with Gasteiger partial charge >= 0.3 is 0 Å².